The molecule has 4 nitrogen and oxygen atoms in total. The molecule has 180 valence electrons. The highest BCUT2D eigenvalue weighted by atomic mass is 19.3. The van der Waals surface area contributed by atoms with E-state index in [9.17, 15) is 13.6 Å². The zero-order valence-electron chi connectivity index (χ0n) is 19.4. The Morgan fingerprint density at radius 1 is 1.09 bits per heavy atom. The summed E-state index contributed by atoms with van der Waals surface area (Å²) in [5.41, 5.74) is 1.08. The van der Waals surface area contributed by atoms with Crippen molar-refractivity contribution < 1.29 is 23.4 Å². The lowest BCUT2D eigenvalue weighted by Crippen LogP contribution is -2.37. The number of hydrogen-bond donors (Lipinski definition) is 1. The molecule has 2 aliphatic rings. The van der Waals surface area contributed by atoms with Crippen molar-refractivity contribution in [2.45, 2.75) is 70.5 Å². The highest BCUT2D eigenvalue weighted by Crippen LogP contribution is 2.37. The maximum Gasteiger partial charge on any atom is 0.383 e. The Morgan fingerprint density at radius 2 is 1.82 bits per heavy atom. The molecule has 4 rings (SSSR count). The van der Waals surface area contributed by atoms with Gasteiger partial charge in [0.1, 0.15) is 0 Å². The smallest absolute Gasteiger partial charge is 0.383 e. The summed E-state index contributed by atoms with van der Waals surface area (Å²) in [6.07, 6.45) is 2.74. The third-order valence-electron chi connectivity index (χ3n) is 7.30. The number of alkyl halides is 2. The van der Waals surface area contributed by atoms with Gasteiger partial charge in [-0.3, -0.25) is 4.79 Å². The minimum Gasteiger partial charge on any atom is -0.481 e. The van der Waals surface area contributed by atoms with Gasteiger partial charge in [-0.25, -0.2) is 0 Å². The van der Waals surface area contributed by atoms with Crippen LogP contribution in [0, 0.1) is 11.8 Å². The Hall–Kier alpha value is -2.05. The van der Waals surface area contributed by atoms with E-state index in [0.717, 1.165) is 68.1 Å². The number of halogens is 2. The van der Waals surface area contributed by atoms with E-state index in [1.807, 2.05) is 12.1 Å². The molecule has 1 aliphatic carbocycles. The average molecular weight is 460 g/mol. The minimum absolute atomic E-state index is 0.0841. The molecular formula is C27H35F2NO3. The number of nitrogens with zero attached hydrogens (tertiary/aromatic N) is 1. The van der Waals surface area contributed by atoms with Crippen LogP contribution in [0.1, 0.15) is 63.0 Å². The van der Waals surface area contributed by atoms with Gasteiger partial charge in [-0.1, -0.05) is 31.2 Å². The number of rotatable bonds is 8. The quantitative estimate of drug-likeness (QED) is 0.510. The van der Waals surface area contributed by atoms with Gasteiger partial charge in [0.05, 0.1) is 11.7 Å². The molecule has 1 heterocycles. The van der Waals surface area contributed by atoms with Gasteiger partial charge in [0.25, 0.3) is 0 Å². The number of fused-ring (bicyclic) bond motifs is 1. The predicted molar refractivity (Wildman–Crippen MR) is 125 cm³/mol. The first-order chi connectivity index (χ1) is 15.8. The van der Waals surface area contributed by atoms with Crippen LogP contribution in [0.5, 0.6) is 0 Å². The van der Waals surface area contributed by atoms with Crippen LogP contribution in [0.2, 0.25) is 0 Å². The first-order valence-electron chi connectivity index (χ1n) is 12.3. The van der Waals surface area contributed by atoms with Crippen molar-refractivity contribution in [2.75, 3.05) is 19.6 Å². The number of likely N-dealkylation sites (tertiary alicyclic amines) is 1. The van der Waals surface area contributed by atoms with E-state index in [0.29, 0.717) is 18.8 Å². The van der Waals surface area contributed by atoms with Crippen LogP contribution < -0.4 is 0 Å². The fourth-order valence-electron chi connectivity index (χ4n) is 5.31. The van der Waals surface area contributed by atoms with Gasteiger partial charge in [0.2, 0.25) is 0 Å². The average Bonchev–Trinajstić information content (AvgIpc) is 2.78. The molecule has 1 atom stereocenters. The third kappa shape index (κ3) is 6.51. The summed E-state index contributed by atoms with van der Waals surface area (Å²) in [5, 5.41) is 10.8. The van der Waals surface area contributed by atoms with E-state index in [4.69, 9.17) is 9.84 Å². The summed E-state index contributed by atoms with van der Waals surface area (Å²) in [4.78, 5) is 13.3. The van der Waals surface area contributed by atoms with E-state index in [-0.39, 0.29) is 24.0 Å². The van der Waals surface area contributed by atoms with Crippen molar-refractivity contribution in [3.05, 3.63) is 47.5 Å². The molecule has 1 unspecified atom stereocenters. The molecule has 2 fully saturated rings. The highest BCUT2D eigenvalue weighted by Gasteiger charge is 2.37. The summed E-state index contributed by atoms with van der Waals surface area (Å²) in [6.45, 7) is 4.88. The van der Waals surface area contributed by atoms with Gasteiger partial charge in [0, 0.05) is 19.5 Å². The van der Waals surface area contributed by atoms with Gasteiger partial charge >= 0.3 is 12.1 Å². The van der Waals surface area contributed by atoms with E-state index < -0.39 is 12.1 Å². The molecule has 2 aromatic rings. The van der Waals surface area contributed by atoms with Crippen molar-refractivity contribution in [3.8, 4) is 0 Å². The normalized spacial score (nSPS) is 24.8. The molecule has 0 aromatic heterocycles. The Kier molecular flexibility index (Phi) is 7.65. The van der Waals surface area contributed by atoms with Gasteiger partial charge in [-0.2, -0.15) is 8.78 Å². The number of ether oxygens (including phenoxy) is 1. The topological polar surface area (TPSA) is 49.8 Å². The molecule has 0 amide bonds. The zero-order valence-corrected chi connectivity index (χ0v) is 19.4. The van der Waals surface area contributed by atoms with Crippen LogP contribution in [0.4, 0.5) is 8.78 Å². The van der Waals surface area contributed by atoms with E-state index >= 15 is 0 Å². The van der Waals surface area contributed by atoms with Crippen LogP contribution in [-0.2, 0) is 22.1 Å². The van der Waals surface area contributed by atoms with E-state index in [1.165, 1.54) is 6.07 Å². The first-order valence-corrected chi connectivity index (χ1v) is 12.3. The molecule has 1 saturated carbocycles. The molecule has 0 radical (unpaired) electrons. The lowest BCUT2D eigenvalue weighted by Gasteiger charge is -2.32. The molecule has 1 saturated heterocycles. The Morgan fingerprint density at radius 3 is 2.58 bits per heavy atom. The first kappa shape index (κ1) is 24.1. The Bertz CT molecular complexity index is 956. The molecule has 6 heteroatoms. The van der Waals surface area contributed by atoms with Crippen LogP contribution in [0.3, 0.4) is 0 Å². The molecule has 33 heavy (non-hydrogen) atoms. The second-order valence-corrected chi connectivity index (χ2v) is 10.1. The highest BCUT2D eigenvalue weighted by molar-refractivity contribution is 5.84. The number of benzene rings is 2. The van der Waals surface area contributed by atoms with Gasteiger partial charge in [-0.15, -0.1) is 0 Å². The lowest BCUT2D eigenvalue weighted by molar-refractivity contribution is -0.277. The largest absolute Gasteiger partial charge is 0.481 e. The van der Waals surface area contributed by atoms with Crippen LogP contribution in [-0.4, -0.2) is 41.7 Å². The maximum atomic E-state index is 14.8. The van der Waals surface area contributed by atoms with Gasteiger partial charge in [0.15, 0.2) is 0 Å². The monoisotopic (exact) mass is 459 g/mol. The Labute approximate surface area is 194 Å². The van der Waals surface area contributed by atoms with Crippen LogP contribution >= 0.6 is 0 Å². The summed E-state index contributed by atoms with van der Waals surface area (Å²) >= 11 is 0. The lowest BCUT2D eigenvalue weighted by atomic mass is 9.89. The van der Waals surface area contributed by atoms with Gasteiger partial charge in [-0.05, 0) is 91.8 Å². The van der Waals surface area contributed by atoms with E-state index in [2.05, 4.69) is 17.9 Å². The summed E-state index contributed by atoms with van der Waals surface area (Å²) in [7, 11) is 0. The molecule has 1 aliphatic heterocycles. The Balaban J connectivity index is 1.36. The second-order valence-electron chi connectivity index (χ2n) is 10.1. The van der Waals surface area contributed by atoms with Gasteiger partial charge < -0.3 is 14.7 Å². The molecule has 0 bridgehead atoms. The number of carboxylic acids is 1. The fourth-order valence-corrected chi connectivity index (χ4v) is 5.31. The SMILES string of the molecule is CC1CCC(OC(F)(F)c2ccc3cc(CCN4CCCC(CC(=O)O)C4)ccc3c2)CC1. The number of aliphatic carboxylic acids is 1. The van der Waals surface area contributed by atoms with E-state index in [1.54, 1.807) is 12.1 Å². The zero-order chi connectivity index (χ0) is 23.4. The summed E-state index contributed by atoms with van der Waals surface area (Å²) in [5.74, 6) is 0.0988. The fraction of sp³-hybridized carbons (Fsp3) is 0.593. The number of carboxylic acid groups (broad SMARTS) is 1. The summed E-state index contributed by atoms with van der Waals surface area (Å²) in [6, 6.07) is 10.8. The number of piperidine rings is 1. The predicted octanol–water partition coefficient (Wildman–Crippen LogP) is 6.21. The van der Waals surface area contributed by atoms with Crippen molar-refractivity contribution in [2.24, 2.45) is 11.8 Å². The summed E-state index contributed by atoms with van der Waals surface area (Å²) < 4.78 is 34.9. The molecule has 1 N–H and O–H groups in total. The van der Waals surface area contributed by atoms with Crippen molar-refractivity contribution in [3.63, 3.8) is 0 Å². The maximum absolute atomic E-state index is 14.8. The molecular weight excluding hydrogens is 424 g/mol. The van der Waals surface area contributed by atoms with Crippen molar-refractivity contribution in [1.82, 2.24) is 4.90 Å². The van der Waals surface area contributed by atoms with Crippen LogP contribution in [0.25, 0.3) is 10.8 Å². The standard InChI is InChI=1S/C27H35F2NO3/c1-19-4-10-25(11-5-19)33-27(28,29)24-9-8-22-15-20(6-7-23(22)17-24)12-14-30-13-2-3-21(18-30)16-26(31)32/h6-9,15,17,19,21,25H,2-5,10-14,16,18H2,1H3,(H,31,32). The van der Waals surface area contributed by atoms with Crippen molar-refractivity contribution >= 4 is 16.7 Å². The molecule has 2 aromatic carbocycles. The van der Waals surface area contributed by atoms with Crippen molar-refractivity contribution in [1.29, 1.82) is 0 Å². The molecule has 0 spiro atoms. The minimum atomic E-state index is -3.28. The number of hydrogen-bond acceptors (Lipinski definition) is 3. The third-order valence-corrected chi connectivity index (χ3v) is 7.30. The number of carbonyl (C=O) groups is 1. The van der Waals surface area contributed by atoms with Crippen LogP contribution in [0.15, 0.2) is 36.4 Å². The second kappa shape index (κ2) is 10.5.